The molecule has 1 aromatic carbocycles. The van der Waals surface area contributed by atoms with Gasteiger partial charge in [0.25, 0.3) is 11.4 Å². The van der Waals surface area contributed by atoms with Crippen molar-refractivity contribution in [1.29, 1.82) is 0 Å². The van der Waals surface area contributed by atoms with Crippen molar-refractivity contribution in [3.63, 3.8) is 0 Å². The summed E-state index contributed by atoms with van der Waals surface area (Å²) >= 11 is 0. The molecule has 0 amide bonds. The van der Waals surface area contributed by atoms with Crippen LogP contribution in [0.25, 0.3) is 0 Å². The quantitative estimate of drug-likeness (QED) is 0.431. The topological polar surface area (TPSA) is 173 Å². The summed E-state index contributed by atoms with van der Waals surface area (Å²) < 4.78 is 26.1. The molecule has 13 heteroatoms. The highest BCUT2D eigenvalue weighted by molar-refractivity contribution is 7.86. The first-order valence-corrected chi connectivity index (χ1v) is 6.35. The van der Waals surface area contributed by atoms with Gasteiger partial charge in [-0.1, -0.05) is 0 Å². The molecule has 0 fully saturated rings. The SMILES string of the molecule is CS(=O)(=O)Oc1c([N+](=O)[O-])cc([N+](=O)[O-])cc1[N+](=O)[O-]. The van der Waals surface area contributed by atoms with Gasteiger partial charge in [-0.15, -0.1) is 0 Å². The summed E-state index contributed by atoms with van der Waals surface area (Å²) in [7, 11) is -4.30. The van der Waals surface area contributed by atoms with E-state index in [9.17, 15) is 38.8 Å². The van der Waals surface area contributed by atoms with E-state index in [0.717, 1.165) is 0 Å². The Labute approximate surface area is 110 Å². The monoisotopic (exact) mass is 307 g/mol. The Morgan fingerprint density at radius 1 is 0.950 bits per heavy atom. The van der Waals surface area contributed by atoms with Crippen molar-refractivity contribution >= 4 is 27.2 Å². The van der Waals surface area contributed by atoms with Gasteiger partial charge in [-0.25, -0.2) is 0 Å². The number of hydrogen-bond acceptors (Lipinski definition) is 9. The fourth-order valence-corrected chi connectivity index (χ4v) is 1.67. The van der Waals surface area contributed by atoms with Crippen molar-refractivity contribution in [2.24, 2.45) is 0 Å². The molecule has 0 aliphatic carbocycles. The molecule has 0 unspecified atom stereocenters. The van der Waals surface area contributed by atoms with E-state index >= 15 is 0 Å². The fraction of sp³-hybridized carbons (Fsp3) is 0.143. The largest absolute Gasteiger partial charge is 0.368 e. The van der Waals surface area contributed by atoms with Crippen molar-refractivity contribution in [1.82, 2.24) is 0 Å². The lowest BCUT2D eigenvalue weighted by atomic mass is 10.2. The molecule has 0 atom stereocenters. The highest BCUT2D eigenvalue weighted by atomic mass is 32.2. The minimum Gasteiger partial charge on any atom is -0.368 e. The number of hydrogen-bond donors (Lipinski definition) is 0. The predicted molar refractivity (Wildman–Crippen MR) is 61.9 cm³/mol. The van der Waals surface area contributed by atoms with Crippen molar-refractivity contribution in [2.45, 2.75) is 0 Å². The molecule has 0 aliphatic heterocycles. The average molecular weight is 307 g/mol. The van der Waals surface area contributed by atoms with Crippen LogP contribution in [0.5, 0.6) is 5.75 Å². The number of nitrogens with zero attached hydrogens (tertiary/aromatic N) is 3. The molecule has 0 aromatic heterocycles. The summed E-state index contributed by atoms with van der Waals surface area (Å²) in [4.78, 5) is 28.5. The number of benzene rings is 1. The zero-order valence-electron chi connectivity index (χ0n) is 9.58. The third-order valence-electron chi connectivity index (χ3n) is 1.87. The normalized spacial score (nSPS) is 10.8. The van der Waals surface area contributed by atoms with Gasteiger partial charge in [0.15, 0.2) is 0 Å². The first kappa shape index (κ1) is 15.2. The first-order chi connectivity index (χ1) is 9.03. The molecular weight excluding hydrogens is 302 g/mol. The zero-order chi connectivity index (χ0) is 15.7. The van der Waals surface area contributed by atoms with Gasteiger partial charge in [-0.3, -0.25) is 30.3 Å². The molecule has 0 heterocycles. The van der Waals surface area contributed by atoms with Gasteiger partial charge in [0.2, 0.25) is 0 Å². The molecule has 20 heavy (non-hydrogen) atoms. The minimum atomic E-state index is -4.30. The van der Waals surface area contributed by atoms with Gasteiger partial charge in [0.05, 0.1) is 33.2 Å². The van der Waals surface area contributed by atoms with E-state index in [-0.39, 0.29) is 0 Å². The minimum absolute atomic E-state index is 0.369. The maximum atomic E-state index is 11.0. The summed E-state index contributed by atoms with van der Waals surface area (Å²) in [5.41, 5.74) is -3.34. The van der Waals surface area contributed by atoms with Crippen molar-refractivity contribution in [3.8, 4) is 5.75 Å². The Morgan fingerprint density at radius 2 is 1.35 bits per heavy atom. The van der Waals surface area contributed by atoms with E-state index in [1.807, 2.05) is 0 Å². The van der Waals surface area contributed by atoms with E-state index in [0.29, 0.717) is 18.4 Å². The second kappa shape index (κ2) is 5.04. The molecule has 0 bridgehead atoms. The van der Waals surface area contributed by atoms with Crippen LogP contribution in [-0.4, -0.2) is 29.4 Å². The Morgan fingerprint density at radius 3 is 1.60 bits per heavy atom. The Hall–Kier alpha value is -2.83. The molecule has 12 nitrogen and oxygen atoms in total. The van der Waals surface area contributed by atoms with Crippen LogP contribution in [0, 0.1) is 30.3 Å². The van der Waals surface area contributed by atoms with Crippen LogP contribution in [0.15, 0.2) is 12.1 Å². The molecule has 0 spiro atoms. The fourth-order valence-electron chi connectivity index (χ4n) is 1.20. The summed E-state index contributed by atoms with van der Waals surface area (Å²) in [5.74, 6) is -1.19. The maximum absolute atomic E-state index is 11.0. The van der Waals surface area contributed by atoms with Gasteiger partial charge >= 0.3 is 21.5 Å². The van der Waals surface area contributed by atoms with Crippen molar-refractivity contribution in [3.05, 3.63) is 42.5 Å². The highest BCUT2D eigenvalue weighted by Gasteiger charge is 2.34. The molecule has 0 saturated heterocycles. The third-order valence-corrected chi connectivity index (χ3v) is 2.34. The maximum Gasteiger partial charge on any atom is 0.326 e. The van der Waals surface area contributed by atoms with E-state index in [4.69, 9.17) is 0 Å². The Balaban J connectivity index is 3.72. The molecular formula is C7H5N3O9S. The molecule has 1 aromatic rings. The number of rotatable bonds is 5. The standard InChI is InChI=1S/C7H5N3O9S/c1-20(17,18)19-7-5(9(13)14)2-4(8(11)12)3-6(7)10(15)16/h2-3H,1H3. The van der Waals surface area contributed by atoms with Crippen LogP contribution in [0.1, 0.15) is 0 Å². The van der Waals surface area contributed by atoms with E-state index in [2.05, 4.69) is 4.18 Å². The molecule has 0 saturated carbocycles. The summed E-state index contributed by atoms with van der Waals surface area (Å²) in [6.45, 7) is 0. The molecule has 1 rings (SSSR count). The summed E-state index contributed by atoms with van der Waals surface area (Å²) in [6.07, 6.45) is 0.516. The van der Waals surface area contributed by atoms with Crippen molar-refractivity contribution < 1.29 is 27.4 Å². The lowest BCUT2D eigenvalue weighted by Crippen LogP contribution is -2.10. The number of nitro benzene ring substituents is 3. The molecule has 0 aliphatic rings. The molecule has 0 radical (unpaired) electrons. The Kier molecular flexibility index (Phi) is 3.84. The molecule has 108 valence electrons. The van der Waals surface area contributed by atoms with Gasteiger partial charge < -0.3 is 4.18 Å². The first-order valence-electron chi connectivity index (χ1n) is 4.53. The van der Waals surface area contributed by atoms with Crippen LogP contribution >= 0.6 is 0 Å². The summed E-state index contributed by atoms with van der Waals surface area (Å²) in [6, 6.07) is 0.737. The summed E-state index contributed by atoms with van der Waals surface area (Å²) in [5, 5.41) is 32.0. The average Bonchev–Trinajstić information content (AvgIpc) is 2.25. The molecule has 0 N–H and O–H groups in total. The lowest BCUT2D eigenvalue weighted by Gasteiger charge is -2.04. The van der Waals surface area contributed by atoms with Crippen LogP contribution < -0.4 is 4.18 Å². The van der Waals surface area contributed by atoms with Gasteiger partial charge in [-0.05, 0) is 0 Å². The van der Waals surface area contributed by atoms with Gasteiger partial charge in [0.1, 0.15) is 0 Å². The lowest BCUT2D eigenvalue weighted by molar-refractivity contribution is -0.404. The second-order valence-electron chi connectivity index (χ2n) is 3.37. The highest BCUT2D eigenvalue weighted by Crippen LogP contribution is 2.40. The van der Waals surface area contributed by atoms with Gasteiger partial charge in [0, 0.05) is 0 Å². The second-order valence-corrected chi connectivity index (χ2v) is 4.95. The predicted octanol–water partition coefficient (Wildman–Crippen LogP) is 0.750. The number of nitro groups is 3. The third kappa shape index (κ3) is 3.35. The van der Waals surface area contributed by atoms with Crippen LogP contribution in [-0.2, 0) is 10.1 Å². The van der Waals surface area contributed by atoms with Crippen LogP contribution in [0.3, 0.4) is 0 Å². The number of non-ortho nitro benzene ring substituents is 1. The van der Waals surface area contributed by atoms with Gasteiger partial charge in [-0.2, -0.15) is 8.42 Å². The van der Waals surface area contributed by atoms with E-state index < -0.39 is 47.7 Å². The van der Waals surface area contributed by atoms with E-state index in [1.54, 1.807) is 0 Å². The Bertz CT molecular complexity index is 675. The van der Waals surface area contributed by atoms with Crippen molar-refractivity contribution in [2.75, 3.05) is 6.26 Å². The zero-order valence-corrected chi connectivity index (χ0v) is 10.4. The smallest absolute Gasteiger partial charge is 0.326 e. The van der Waals surface area contributed by atoms with Crippen LogP contribution in [0.4, 0.5) is 17.1 Å². The van der Waals surface area contributed by atoms with E-state index in [1.165, 1.54) is 0 Å². The van der Waals surface area contributed by atoms with Crippen LogP contribution in [0.2, 0.25) is 0 Å².